The van der Waals surface area contributed by atoms with Crippen molar-refractivity contribution < 1.29 is 14.8 Å². The van der Waals surface area contributed by atoms with Gasteiger partial charge in [0.1, 0.15) is 0 Å². The average molecular weight is 294 g/mol. The maximum atomic E-state index is 12.1. The molecule has 1 N–H and O–H groups in total. The maximum absolute atomic E-state index is 12.1. The van der Waals surface area contributed by atoms with Crippen molar-refractivity contribution in [2.24, 2.45) is 0 Å². The molecule has 6 heteroatoms. The van der Waals surface area contributed by atoms with Gasteiger partial charge >= 0.3 is 0 Å². The molecule has 0 saturated heterocycles. The van der Waals surface area contributed by atoms with E-state index in [0.717, 1.165) is 44.2 Å². The number of aliphatic hydroxyl groups excluding tert-OH is 1. The fourth-order valence-corrected chi connectivity index (χ4v) is 2.89. The first-order valence-corrected chi connectivity index (χ1v) is 7.56. The van der Waals surface area contributed by atoms with E-state index in [9.17, 15) is 14.9 Å². The van der Waals surface area contributed by atoms with Gasteiger partial charge in [-0.2, -0.15) is 0 Å². The third kappa shape index (κ3) is 4.14. The Morgan fingerprint density at radius 2 is 2.10 bits per heavy atom. The summed E-state index contributed by atoms with van der Waals surface area (Å²) >= 11 is 0. The van der Waals surface area contributed by atoms with Crippen molar-refractivity contribution in [2.75, 3.05) is 19.7 Å². The molecule has 1 aliphatic heterocycles. The molecule has 1 amide bonds. The fourth-order valence-electron chi connectivity index (χ4n) is 2.89. The summed E-state index contributed by atoms with van der Waals surface area (Å²) in [5, 5.41) is 19.6. The van der Waals surface area contributed by atoms with Gasteiger partial charge < -0.3 is 10.0 Å². The molecule has 0 aromatic rings. The monoisotopic (exact) mass is 294 g/mol. The summed E-state index contributed by atoms with van der Waals surface area (Å²) in [5.74, 6) is 0.112. The van der Waals surface area contributed by atoms with Crippen molar-refractivity contribution in [1.29, 1.82) is 0 Å². The van der Waals surface area contributed by atoms with E-state index in [1.807, 2.05) is 0 Å². The molecule has 1 aliphatic carbocycles. The normalized spacial score (nSPS) is 18.3. The topological polar surface area (TPSA) is 83.7 Å². The molecule has 6 nitrogen and oxygen atoms in total. The van der Waals surface area contributed by atoms with Gasteiger partial charge in [-0.05, 0) is 31.3 Å². The van der Waals surface area contributed by atoms with E-state index in [4.69, 9.17) is 5.11 Å². The van der Waals surface area contributed by atoms with Crippen LogP contribution in [0.3, 0.4) is 0 Å². The minimum Gasteiger partial charge on any atom is -0.396 e. The third-order valence-corrected chi connectivity index (χ3v) is 4.16. The molecule has 0 aromatic carbocycles. The van der Waals surface area contributed by atoms with Gasteiger partial charge in [0.05, 0.1) is 4.92 Å². The summed E-state index contributed by atoms with van der Waals surface area (Å²) in [5.41, 5.74) is 2.49. The minimum atomic E-state index is -0.320. The van der Waals surface area contributed by atoms with Crippen LogP contribution in [0.25, 0.3) is 0 Å². The van der Waals surface area contributed by atoms with Gasteiger partial charge in [0.2, 0.25) is 11.6 Å². The minimum absolute atomic E-state index is 0.112. The van der Waals surface area contributed by atoms with Gasteiger partial charge in [0, 0.05) is 38.6 Å². The Labute approximate surface area is 124 Å². The van der Waals surface area contributed by atoms with Gasteiger partial charge in [0.15, 0.2) is 0 Å². The number of carbonyl (C=O) groups is 1. The van der Waals surface area contributed by atoms with Gasteiger partial charge in [0.25, 0.3) is 0 Å². The molecule has 21 heavy (non-hydrogen) atoms. The summed E-state index contributed by atoms with van der Waals surface area (Å²) in [6.45, 7) is 1.40. The predicted octanol–water partition coefficient (Wildman–Crippen LogP) is 2.02. The Morgan fingerprint density at radius 3 is 2.81 bits per heavy atom. The Morgan fingerprint density at radius 1 is 1.29 bits per heavy atom. The Kier molecular flexibility index (Phi) is 5.50. The van der Waals surface area contributed by atoms with Crippen LogP contribution in [0.5, 0.6) is 0 Å². The van der Waals surface area contributed by atoms with Crippen LogP contribution in [0.15, 0.2) is 22.9 Å². The Hall–Kier alpha value is -1.69. The number of carbonyl (C=O) groups excluding carboxylic acids is 1. The zero-order valence-electron chi connectivity index (χ0n) is 12.2. The molecule has 0 fully saturated rings. The highest BCUT2D eigenvalue weighted by Crippen LogP contribution is 2.30. The van der Waals surface area contributed by atoms with Crippen molar-refractivity contribution in [3.05, 3.63) is 33.0 Å². The number of aliphatic hydroxyl groups is 1. The predicted molar refractivity (Wildman–Crippen MR) is 78.1 cm³/mol. The van der Waals surface area contributed by atoms with Gasteiger partial charge in [-0.3, -0.25) is 14.9 Å². The van der Waals surface area contributed by atoms with Gasteiger partial charge in [-0.15, -0.1) is 0 Å². The largest absolute Gasteiger partial charge is 0.396 e. The van der Waals surface area contributed by atoms with E-state index in [0.29, 0.717) is 19.4 Å². The second kappa shape index (κ2) is 7.36. The zero-order chi connectivity index (χ0) is 15.2. The molecule has 0 aromatic heterocycles. The van der Waals surface area contributed by atoms with Crippen LogP contribution in [-0.4, -0.2) is 40.5 Å². The van der Waals surface area contributed by atoms with E-state index in [2.05, 4.69) is 0 Å². The Bertz CT molecular complexity index is 482. The number of nitro groups is 1. The second-order valence-corrected chi connectivity index (χ2v) is 5.62. The van der Waals surface area contributed by atoms with Crippen LogP contribution in [0.2, 0.25) is 0 Å². The van der Waals surface area contributed by atoms with Crippen LogP contribution < -0.4 is 0 Å². The van der Waals surface area contributed by atoms with Crippen LogP contribution >= 0.6 is 0 Å². The lowest BCUT2D eigenvalue weighted by Gasteiger charge is -2.31. The van der Waals surface area contributed by atoms with Crippen molar-refractivity contribution in [1.82, 2.24) is 4.90 Å². The molecule has 1 heterocycles. The summed E-state index contributed by atoms with van der Waals surface area (Å²) < 4.78 is 0. The number of rotatable bonds is 6. The molecule has 2 aliphatic rings. The number of nitrogens with zero attached hydrogens (tertiary/aromatic N) is 2. The highest BCUT2D eigenvalue weighted by atomic mass is 16.6. The number of hydrogen-bond acceptors (Lipinski definition) is 4. The first kappa shape index (κ1) is 15.7. The quantitative estimate of drug-likeness (QED) is 0.461. The van der Waals surface area contributed by atoms with Crippen molar-refractivity contribution >= 4 is 5.91 Å². The van der Waals surface area contributed by atoms with Gasteiger partial charge in [-0.25, -0.2) is 0 Å². The van der Waals surface area contributed by atoms with Gasteiger partial charge in [-0.1, -0.05) is 12.0 Å². The summed E-state index contributed by atoms with van der Waals surface area (Å²) in [7, 11) is 0. The molecule has 0 saturated carbocycles. The smallest absolute Gasteiger partial charge is 0.246 e. The summed E-state index contributed by atoms with van der Waals surface area (Å²) in [6, 6.07) is 0. The van der Waals surface area contributed by atoms with Crippen LogP contribution in [0.4, 0.5) is 0 Å². The van der Waals surface area contributed by atoms with Crippen LogP contribution in [0, 0.1) is 10.1 Å². The van der Waals surface area contributed by atoms with E-state index < -0.39 is 0 Å². The average Bonchev–Trinajstić information content (AvgIpc) is 2.50. The van der Waals surface area contributed by atoms with Crippen molar-refractivity contribution in [3.8, 4) is 0 Å². The standard InChI is InChI=1S/C15H22N2O4/c18-9-3-1-2-4-15(19)16-8-7-12-5-6-14(17(20)21)10-13(12)11-16/h10,18H,1-9,11H2. The molecular weight excluding hydrogens is 272 g/mol. The molecule has 0 radical (unpaired) electrons. The molecule has 2 rings (SSSR count). The molecule has 0 atom stereocenters. The van der Waals surface area contributed by atoms with Crippen molar-refractivity contribution in [2.45, 2.75) is 44.9 Å². The Balaban J connectivity index is 1.91. The zero-order valence-corrected chi connectivity index (χ0v) is 12.2. The maximum Gasteiger partial charge on any atom is 0.246 e. The number of unbranched alkanes of at least 4 members (excludes halogenated alkanes) is 2. The second-order valence-electron chi connectivity index (χ2n) is 5.62. The van der Waals surface area contributed by atoms with Crippen LogP contribution in [0.1, 0.15) is 44.9 Å². The number of hydrogen-bond donors (Lipinski definition) is 1. The molecule has 0 spiro atoms. The lowest BCUT2D eigenvalue weighted by molar-refractivity contribution is -0.428. The van der Waals surface area contributed by atoms with E-state index >= 15 is 0 Å². The number of allylic oxidation sites excluding steroid dienone is 1. The fraction of sp³-hybridized carbons (Fsp3) is 0.667. The lowest BCUT2D eigenvalue weighted by atomic mass is 9.90. The van der Waals surface area contributed by atoms with Crippen LogP contribution in [-0.2, 0) is 4.79 Å². The number of amides is 1. The highest BCUT2D eigenvalue weighted by molar-refractivity contribution is 5.77. The van der Waals surface area contributed by atoms with Crippen molar-refractivity contribution in [3.63, 3.8) is 0 Å². The van der Waals surface area contributed by atoms with E-state index in [-0.39, 0.29) is 23.1 Å². The summed E-state index contributed by atoms with van der Waals surface area (Å²) in [6.07, 6.45) is 6.62. The first-order chi connectivity index (χ1) is 10.1. The highest BCUT2D eigenvalue weighted by Gasteiger charge is 2.27. The lowest BCUT2D eigenvalue weighted by Crippen LogP contribution is -2.37. The van der Waals surface area contributed by atoms with E-state index in [1.54, 1.807) is 11.0 Å². The third-order valence-electron chi connectivity index (χ3n) is 4.16. The molecule has 0 unspecified atom stereocenters. The SMILES string of the molecule is O=C(CCCCCO)N1CCC2=C(C=C([N+](=O)[O-])CC2)C1. The first-order valence-electron chi connectivity index (χ1n) is 7.56. The molecule has 116 valence electrons. The molecule has 0 bridgehead atoms. The van der Waals surface area contributed by atoms with E-state index in [1.165, 1.54) is 5.57 Å². The molecular formula is C15H22N2O4. The summed E-state index contributed by atoms with van der Waals surface area (Å²) in [4.78, 5) is 24.5.